The van der Waals surface area contributed by atoms with Crippen molar-refractivity contribution in [3.63, 3.8) is 0 Å². The second-order valence-corrected chi connectivity index (χ2v) is 16.7. The van der Waals surface area contributed by atoms with Gasteiger partial charge in [0.2, 0.25) is 0 Å². The van der Waals surface area contributed by atoms with Gasteiger partial charge in [-0.15, -0.1) is 0 Å². The van der Waals surface area contributed by atoms with Crippen LogP contribution in [0.25, 0.3) is 82.5 Å². The number of anilines is 1. The van der Waals surface area contributed by atoms with Gasteiger partial charge in [0.1, 0.15) is 4.90 Å². The van der Waals surface area contributed by atoms with Crippen LogP contribution in [-0.2, 0) is 10.0 Å². The van der Waals surface area contributed by atoms with E-state index in [0.29, 0.717) is 10.6 Å². The van der Waals surface area contributed by atoms with Crippen LogP contribution in [0.3, 0.4) is 0 Å². The zero-order valence-corrected chi connectivity index (χ0v) is 30.2. The smallest absolute Gasteiger partial charge is 0.267 e. The normalized spacial score (nSPS) is 18.1. The van der Waals surface area contributed by atoms with Crippen LogP contribution in [0.4, 0.5) is 5.69 Å². The number of fused-ring (bicyclic) bond motifs is 14. The Morgan fingerprint density at radius 3 is 1.71 bits per heavy atom. The monoisotopic (exact) mass is 726 g/mol. The number of aromatic nitrogens is 3. The predicted molar refractivity (Wildman–Crippen MR) is 224 cm³/mol. The zero-order valence-electron chi connectivity index (χ0n) is 29.3. The molecule has 7 heteroatoms. The second kappa shape index (κ2) is 10.2. The molecule has 2 aliphatic heterocycles. The van der Waals surface area contributed by atoms with Crippen LogP contribution in [0, 0.1) is 0 Å². The molecule has 55 heavy (non-hydrogen) atoms. The summed E-state index contributed by atoms with van der Waals surface area (Å²) in [6, 6.07) is 52.2. The summed E-state index contributed by atoms with van der Waals surface area (Å²) in [5.74, 6) is -0.181. The van der Waals surface area contributed by atoms with Gasteiger partial charge in [-0.25, -0.2) is 8.42 Å². The van der Waals surface area contributed by atoms with Crippen LogP contribution < -0.4 is 4.31 Å². The number of rotatable bonds is 2. The summed E-state index contributed by atoms with van der Waals surface area (Å²) in [4.78, 5) is 0.314. The Hall–Kier alpha value is -6.83. The van der Waals surface area contributed by atoms with Crippen molar-refractivity contribution >= 4 is 86.8 Å². The van der Waals surface area contributed by atoms with Gasteiger partial charge >= 0.3 is 0 Å². The van der Waals surface area contributed by atoms with E-state index in [1.807, 2.05) is 18.2 Å². The Kier molecular flexibility index (Phi) is 5.50. The summed E-state index contributed by atoms with van der Waals surface area (Å²) >= 11 is 0. The summed E-state index contributed by atoms with van der Waals surface area (Å²) in [6.07, 6.45) is 6.50. The molecule has 1 aliphatic carbocycles. The molecule has 2 atom stereocenters. The highest BCUT2D eigenvalue weighted by atomic mass is 32.2. The topological polar surface area (TPSA) is 52.2 Å². The third kappa shape index (κ3) is 3.61. The molecule has 0 saturated heterocycles. The van der Waals surface area contributed by atoms with Crippen molar-refractivity contribution in [3.05, 3.63) is 175 Å². The molecule has 0 spiro atoms. The molecule has 6 nitrogen and oxygen atoms in total. The SMILES string of the molecule is O=S1(=O)c2ccccc2-n2c3ccc(-n4c5ccccc5c5ccccc54)cc3c3ccc4c(c32)N1C1C=CC(n2c3ccccc3c3ccccc32)=CC41. The minimum Gasteiger partial charge on any atom is -0.310 e. The van der Waals surface area contributed by atoms with Crippen LogP contribution >= 0.6 is 0 Å². The first kappa shape index (κ1) is 29.6. The maximum absolute atomic E-state index is 15.1. The molecular weight excluding hydrogens is 697 g/mol. The molecule has 0 amide bonds. The molecule has 3 aromatic heterocycles. The molecular formula is C48H30N4O2S. The molecule has 0 N–H and O–H groups in total. The van der Waals surface area contributed by atoms with Gasteiger partial charge in [-0.3, -0.25) is 4.31 Å². The van der Waals surface area contributed by atoms with E-state index in [2.05, 4.69) is 159 Å². The standard InChI is InChI=1S/C48H30N4O2S/c53-55(54)46-20-10-9-19-45(46)51-43-25-21-29(49-39-15-5-1-11-31(39)32-12-2-6-16-40(32)49)27-37(43)35-23-24-36-38-28-30(22-26-44(38)52(55)48(36)47(35)51)50-41-17-7-3-13-33(41)34-14-4-8-18-42(34)50/h1-28,38,44H. The van der Waals surface area contributed by atoms with Gasteiger partial charge in [0.15, 0.2) is 0 Å². The summed E-state index contributed by atoms with van der Waals surface area (Å²) in [5.41, 5.74) is 11.0. The zero-order chi connectivity index (χ0) is 36.2. The van der Waals surface area contributed by atoms with E-state index in [0.717, 1.165) is 66.5 Å². The lowest BCUT2D eigenvalue weighted by molar-refractivity contribution is 0.585. The van der Waals surface area contributed by atoms with E-state index in [-0.39, 0.29) is 5.92 Å². The molecule has 5 heterocycles. The Balaban J connectivity index is 1.10. The minimum absolute atomic E-state index is 0.181. The van der Waals surface area contributed by atoms with Crippen LogP contribution in [-0.4, -0.2) is 28.2 Å². The quantitative estimate of drug-likeness (QED) is 0.178. The Morgan fingerprint density at radius 2 is 1.05 bits per heavy atom. The number of allylic oxidation sites excluding steroid dienone is 2. The number of benzene rings is 7. The van der Waals surface area contributed by atoms with Gasteiger partial charge in [0.05, 0.1) is 50.5 Å². The first-order chi connectivity index (χ1) is 27.1. The number of nitrogens with zero attached hydrogens (tertiary/aromatic N) is 4. The number of para-hydroxylation sites is 5. The number of hydrogen-bond donors (Lipinski definition) is 0. The molecule has 0 saturated carbocycles. The van der Waals surface area contributed by atoms with Gasteiger partial charge in [0, 0.05) is 49.6 Å². The fraction of sp³-hybridized carbons (Fsp3) is 0.0417. The van der Waals surface area contributed by atoms with E-state index < -0.39 is 16.1 Å². The predicted octanol–water partition coefficient (Wildman–Crippen LogP) is 11.1. The lowest BCUT2D eigenvalue weighted by atomic mass is 9.90. The van der Waals surface area contributed by atoms with E-state index in [1.165, 1.54) is 21.5 Å². The van der Waals surface area contributed by atoms with Crippen LogP contribution in [0.5, 0.6) is 0 Å². The molecule has 10 aromatic rings. The summed E-state index contributed by atoms with van der Waals surface area (Å²) in [7, 11) is -3.95. The van der Waals surface area contributed by atoms with E-state index in [4.69, 9.17) is 0 Å². The first-order valence-corrected chi connectivity index (χ1v) is 20.1. The van der Waals surface area contributed by atoms with Gasteiger partial charge in [-0.1, -0.05) is 109 Å². The third-order valence-electron chi connectivity index (χ3n) is 12.3. The molecule has 7 aromatic carbocycles. The van der Waals surface area contributed by atoms with Crippen molar-refractivity contribution in [2.75, 3.05) is 4.31 Å². The Bertz CT molecular complexity index is 3440. The van der Waals surface area contributed by atoms with Crippen LogP contribution in [0.1, 0.15) is 11.5 Å². The summed E-state index contributed by atoms with van der Waals surface area (Å²) in [6.45, 7) is 0. The fourth-order valence-electron chi connectivity index (χ4n) is 10.1. The third-order valence-corrected chi connectivity index (χ3v) is 14.1. The maximum atomic E-state index is 15.1. The average molecular weight is 727 g/mol. The highest BCUT2D eigenvalue weighted by Gasteiger charge is 2.48. The van der Waals surface area contributed by atoms with E-state index in [1.54, 1.807) is 10.4 Å². The molecule has 0 bridgehead atoms. The summed E-state index contributed by atoms with van der Waals surface area (Å²) in [5, 5.41) is 6.94. The van der Waals surface area contributed by atoms with Gasteiger partial charge in [0.25, 0.3) is 10.0 Å². The molecule has 2 unspecified atom stereocenters. The van der Waals surface area contributed by atoms with Gasteiger partial charge < -0.3 is 13.7 Å². The fourth-order valence-corrected chi connectivity index (χ4v) is 11.9. The first-order valence-electron chi connectivity index (χ1n) is 18.7. The molecule has 13 rings (SSSR count). The van der Waals surface area contributed by atoms with E-state index >= 15 is 8.42 Å². The molecule has 0 fully saturated rings. The van der Waals surface area contributed by atoms with Gasteiger partial charge in [-0.05, 0) is 66.2 Å². The highest BCUT2D eigenvalue weighted by molar-refractivity contribution is 7.93. The largest absolute Gasteiger partial charge is 0.310 e. The maximum Gasteiger partial charge on any atom is 0.267 e. The Labute approximate surface area is 315 Å². The van der Waals surface area contributed by atoms with Crippen molar-refractivity contribution in [2.45, 2.75) is 16.9 Å². The van der Waals surface area contributed by atoms with Crippen LogP contribution in [0.15, 0.2) is 175 Å². The molecule has 3 aliphatic rings. The van der Waals surface area contributed by atoms with E-state index in [9.17, 15) is 0 Å². The second-order valence-electron chi connectivity index (χ2n) is 14.9. The lowest BCUT2D eigenvalue weighted by Gasteiger charge is -2.29. The molecule has 0 radical (unpaired) electrons. The average Bonchev–Trinajstić information content (AvgIpc) is 3.94. The van der Waals surface area contributed by atoms with Crippen molar-refractivity contribution in [2.24, 2.45) is 0 Å². The van der Waals surface area contributed by atoms with Crippen LogP contribution in [0.2, 0.25) is 0 Å². The highest BCUT2D eigenvalue weighted by Crippen LogP contribution is 2.55. The minimum atomic E-state index is -3.95. The van der Waals surface area contributed by atoms with Crippen molar-refractivity contribution < 1.29 is 8.42 Å². The van der Waals surface area contributed by atoms with Gasteiger partial charge in [-0.2, -0.15) is 0 Å². The van der Waals surface area contributed by atoms with Crippen molar-refractivity contribution in [1.29, 1.82) is 0 Å². The summed E-state index contributed by atoms with van der Waals surface area (Å²) < 4.78 is 38.7. The molecule has 260 valence electrons. The lowest BCUT2D eigenvalue weighted by Crippen LogP contribution is -2.38. The van der Waals surface area contributed by atoms with Crippen molar-refractivity contribution in [1.82, 2.24) is 13.7 Å². The number of hydrogen-bond acceptors (Lipinski definition) is 2. The number of sulfonamides is 1. The van der Waals surface area contributed by atoms with Crippen molar-refractivity contribution in [3.8, 4) is 11.4 Å². The Morgan fingerprint density at radius 1 is 0.491 bits per heavy atom.